The standard InChI is InChI=1S/C26H26BrN7O/c1-4-34(33-11-5-6-12-33)24-22(27)25(35-23-17(2)13-20(16-29)14-18(23)3)32-26(31-24)30-21-9-7-19(15-28)8-10-21/h7-10,13-14H,4-6,11-12H2,1-3H3,(H,30,31,32). The van der Waals surface area contributed by atoms with Crippen molar-refractivity contribution in [3.8, 4) is 23.8 Å². The Morgan fingerprint density at radius 2 is 1.66 bits per heavy atom. The van der Waals surface area contributed by atoms with Crippen LogP contribution in [0, 0.1) is 36.5 Å². The van der Waals surface area contributed by atoms with Crippen LogP contribution in [-0.2, 0) is 0 Å². The Hall–Kier alpha value is -3.66. The summed E-state index contributed by atoms with van der Waals surface area (Å²) >= 11 is 3.71. The predicted octanol–water partition coefficient (Wildman–Crippen LogP) is 5.97. The first kappa shape index (κ1) is 24.5. The van der Waals surface area contributed by atoms with Gasteiger partial charge in [0.25, 0.3) is 0 Å². The van der Waals surface area contributed by atoms with Gasteiger partial charge in [-0.3, -0.25) is 5.01 Å². The van der Waals surface area contributed by atoms with Crippen LogP contribution in [0.2, 0.25) is 0 Å². The van der Waals surface area contributed by atoms with E-state index in [0.29, 0.717) is 39.0 Å². The monoisotopic (exact) mass is 531 g/mol. The molecule has 1 saturated heterocycles. The second-order valence-electron chi connectivity index (χ2n) is 8.33. The number of hydrogen-bond donors (Lipinski definition) is 1. The fourth-order valence-electron chi connectivity index (χ4n) is 4.17. The number of nitriles is 2. The Morgan fingerprint density at radius 1 is 1.03 bits per heavy atom. The fourth-order valence-corrected chi connectivity index (χ4v) is 4.63. The third-order valence-electron chi connectivity index (χ3n) is 5.83. The highest BCUT2D eigenvalue weighted by Gasteiger charge is 2.26. The molecule has 2 heterocycles. The number of aromatic nitrogens is 2. The van der Waals surface area contributed by atoms with Crippen molar-refractivity contribution in [2.75, 3.05) is 30.0 Å². The van der Waals surface area contributed by atoms with Gasteiger partial charge in [0.05, 0.1) is 23.3 Å². The third-order valence-corrected chi connectivity index (χ3v) is 6.52. The van der Waals surface area contributed by atoms with Crippen LogP contribution in [0.3, 0.4) is 0 Å². The molecule has 1 N–H and O–H groups in total. The van der Waals surface area contributed by atoms with Gasteiger partial charge in [-0.25, -0.2) is 5.01 Å². The number of hydrogen-bond acceptors (Lipinski definition) is 8. The minimum absolute atomic E-state index is 0.375. The molecule has 2 aromatic carbocycles. The number of nitrogens with zero attached hydrogens (tertiary/aromatic N) is 6. The molecular weight excluding hydrogens is 506 g/mol. The van der Waals surface area contributed by atoms with Crippen LogP contribution >= 0.6 is 15.9 Å². The smallest absolute Gasteiger partial charge is 0.240 e. The van der Waals surface area contributed by atoms with Crippen molar-refractivity contribution in [2.24, 2.45) is 0 Å². The SMILES string of the molecule is CCN(c1nc(Nc2ccc(C#N)cc2)nc(Oc2c(C)cc(C#N)cc2C)c1Br)N1CCCC1. The zero-order valence-corrected chi connectivity index (χ0v) is 21.6. The van der Waals surface area contributed by atoms with E-state index in [1.54, 1.807) is 24.3 Å². The van der Waals surface area contributed by atoms with Crippen LogP contribution in [-0.4, -0.2) is 34.6 Å². The van der Waals surface area contributed by atoms with Crippen LogP contribution in [0.1, 0.15) is 42.0 Å². The van der Waals surface area contributed by atoms with Crippen LogP contribution in [0.5, 0.6) is 11.6 Å². The molecule has 0 spiro atoms. The van der Waals surface area contributed by atoms with Gasteiger partial charge in [0, 0.05) is 25.3 Å². The molecule has 0 aliphatic carbocycles. The predicted molar refractivity (Wildman–Crippen MR) is 139 cm³/mol. The van der Waals surface area contributed by atoms with E-state index in [-0.39, 0.29) is 0 Å². The van der Waals surface area contributed by atoms with Gasteiger partial charge < -0.3 is 10.1 Å². The molecule has 1 aliphatic heterocycles. The summed E-state index contributed by atoms with van der Waals surface area (Å²) in [6.07, 6.45) is 2.28. The third kappa shape index (κ3) is 5.37. The summed E-state index contributed by atoms with van der Waals surface area (Å²) in [6.45, 7) is 8.59. The van der Waals surface area contributed by atoms with Crippen LogP contribution < -0.4 is 15.1 Å². The molecule has 0 amide bonds. The van der Waals surface area contributed by atoms with E-state index in [0.717, 1.165) is 49.3 Å². The van der Waals surface area contributed by atoms with Crippen molar-refractivity contribution in [3.63, 3.8) is 0 Å². The Kier molecular flexibility index (Phi) is 7.50. The summed E-state index contributed by atoms with van der Waals surface area (Å²) in [6, 6.07) is 15.0. The van der Waals surface area contributed by atoms with Crippen LogP contribution in [0.4, 0.5) is 17.5 Å². The minimum Gasteiger partial charge on any atom is -0.437 e. The molecule has 0 saturated carbocycles. The van der Waals surface area contributed by atoms with Crippen molar-refractivity contribution >= 4 is 33.4 Å². The first-order valence-electron chi connectivity index (χ1n) is 11.5. The van der Waals surface area contributed by atoms with E-state index < -0.39 is 0 Å². The summed E-state index contributed by atoms with van der Waals surface area (Å²) in [5.74, 6) is 2.12. The van der Waals surface area contributed by atoms with Gasteiger partial charge in [0.15, 0.2) is 5.82 Å². The van der Waals surface area contributed by atoms with Crippen molar-refractivity contribution in [1.82, 2.24) is 15.0 Å². The van der Waals surface area contributed by atoms with E-state index in [1.807, 2.05) is 26.0 Å². The Labute approximate surface area is 213 Å². The molecule has 8 nitrogen and oxygen atoms in total. The molecule has 1 fully saturated rings. The molecule has 3 aromatic rings. The number of anilines is 3. The normalized spacial score (nSPS) is 13.2. The zero-order chi connectivity index (χ0) is 24.9. The van der Waals surface area contributed by atoms with Gasteiger partial charge >= 0.3 is 0 Å². The quantitative estimate of drug-likeness (QED) is 0.397. The molecule has 9 heteroatoms. The average molecular weight is 532 g/mol. The average Bonchev–Trinajstić information content (AvgIpc) is 3.39. The summed E-state index contributed by atoms with van der Waals surface area (Å²) in [7, 11) is 0. The first-order valence-corrected chi connectivity index (χ1v) is 12.3. The highest BCUT2D eigenvalue weighted by Crippen LogP contribution is 2.39. The van der Waals surface area contributed by atoms with Gasteiger partial charge in [0.1, 0.15) is 10.2 Å². The van der Waals surface area contributed by atoms with Crippen LogP contribution in [0.15, 0.2) is 40.9 Å². The molecule has 178 valence electrons. The number of aryl methyl sites for hydroxylation is 2. The van der Waals surface area contributed by atoms with E-state index in [9.17, 15) is 5.26 Å². The summed E-state index contributed by atoms with van der Waals surface area (Å²) < 4.78 is 7.00. The van der Waals surface area contributed by atoms with Gasteiger partial charge in [-0.2, -0.15) is 20.5 Å². The van der Waals surface area contributed by atoms with Gasteiger partial charge in [-0.1, -0.05) is 0 Å². The van der Waals surface area contributed by atoms with Gasteiger partial charge in [-0.15, -0.1) is 0 Å². The number of nitrogens with one attached hydrogen (secondary N) is 1. The molecule has 1 aliphatic rings. The maximum atomic E-state index is 9.29. The van der Waals surface area contributed by atoms with Crippen molar-refractivity contribution < 1.29 is 4.74 Å². The van der Waals surface area contributed by atoms with E-state index in [1.165, 1.54) is 0 Å². The number of rotatable bonds is 7. The largest absolute Gasteiger partial charge is 0.437 e. The molecule has 0 atom stereocenters. The lowest BCUT2D eigenvalue weighted by atomic mass is 10.1. The molecule has 4 rings (SSSR count). The molecule has 0 bridgehead atoms. The van der Waals surface area contributed by atoms with Crippen molar-refractivity contribution in [1.29, 1.82) is 10.5 Å². The van der Waals surface area contributed by atoms with Gasteiger partial charge in [-0.05, 0) is 97.1 Å². The minimum atomic E-state index is 0.375. The Bertz CT molecular complexity index is 1280. The number of halogens is 1. The lowest BCUT2D eigenvalue weighted by molar-refractivity contribution is 0.308. The summed E-state index contributed by atoms with van der Waals surface area (Å²) in [5.41, 5.74) is 3.63. The summed E-state index contributed by atoms with van der Waals surface area (Å²) in [4.78, 5) is 9.50. The van der Waals surface area contributed by atoms with E-state index in [2.05, 4.69) is 55.3 Å². The molecular formula is C26H26BrN7O. The maximum Gasteiger partial charge on any atom is 0.240 e. The molecule has 1 aromatic heterocycles. The highest BCUT2D eigenvalue weighted by atomic mass is 79.9. The zero-order valence-electron chi connectivity index (χ0n) is 20.0. The van der Waals surface area contributed by atoms with Crippen molar-refractivity contribution in [2.45, 2.75) is 33.6 Å². The second kappa shape index (κ2) is 10.7. The van der Waals surface area contributed by atoms with E-state index in [4.69, 9.17) is 15.0 Å². The molecule has 0 radical (unpaired) electrons. The number of ether oxygens (including phenoxy) is 1. The lowest BCUT2D eigenvalue weighted by Crippen LogP contribution is -2.41. The Morgan fingerprint density at radius 3 is 2.23 bits per heavy atom. The molecule has 0 unspecified atom stereocenters. The van der Waals surface area contributed by atoms with Crippen LogP contribution in [0.25, 0.3) is 0 Å². The maximum absolute atomic E-state index is 9.29. The number of benzene rings is 2. The molecule has 35 heavy (non-hydrogen) atoms. The lowest BCUT2D eigenvalue weighted by Gasteiger charge is -2.32. The van der Waals surface area contributed by atoms with E-state index >= 15 is 0 Å². The number of hydrazine groups is 1. The highest BCUT2D eigenvalue weighted by molar-refractivity contribution is 9.10. The second-order valence-corrected chi connectivity index (χ2v) is 9.13. The van der Waals surface area contributed by atoms with Crippen molar-refractivity contribution in [3.05, 3.63) is 63.1 Å². The first-order chi connectivity index (χ1) is 16.9. The summed E-state index contributed by atoms with van der Waals surface area (Å²) in [5, 5.41) is 26.1. The fraction of sp³-hybridized carbons (Fsp3) is 0.308. The van der Waals surface area contributed by atoms with Gasteiger partial charge in [0.2, 0.25) is 11.8 Å². The Balaban J connectivity index is 1.77. The topological polar surface area (TPSA) is 101 Å².